The SMILES string of the molecule is CC(C)(C)[C@H]1c2ccccc2C[C@@H]1O. The van der Waals surface area contributed by atoms with Gasteiger partial charge in [-0.05, 0) is 23.0 Å². The van der Waals surface area contributed by atoms with Crippen LogP contribution in [0.1, 0.15) is 37.8 Å². The van der Waals surface area contributed by atoms with Crippen LogP contribution >= 0.6 is 0 Å². The summed E-state index contributed by atoms with van der Waals surface area (Å²) in [5.41, 5.74) is 2.80. The molecule has 2 rings (SSSR count). The molecule has 0 saturated carbocycles. The van der Waals surface area contributed by atoms with Crippen molar-refractivity contribution in [1.82, 2.24) is 0 Å². The summed E-state index contributed by atoms with van der Waals surface area (Å²) >= 11 is 0. The van der Waals surface area contributed by atoms with E-state index < -0.39 is 0 Å². The molecule has 0 spiro atoms. The topological polar surface area (TPSA) is 20.2 Å². The number of benzene rings is 1. The zero-order valence-electron chi connectivity index (χ0n) is 9.12. The van der Waals surface area contributed by atoms with Crippen LogP contribution in [0.4, 0.5) is 0 Å². The van der Waals surface area contributed by atoms with Gasteiger partial charge in [0.25, 0.3) is 0 Å². The first-order chi connectivity index (χ1) is 6.50. The third-order valence-corrected chi connectivity index (χ3v) is 3.14. The summed E-state index contributed by atoms with van der Waals surface area (Å²) in [5, 5.41) is 10.0. The Morgan fingerprint density at radius 3 is 2.50 bits per heavy atom. The van der Waals surface area contributed by atoms with Gasteiger partial charge in [-0.3, -0.25) is 0 Å². The second kappa shape index (κ2) is 3.09. The third-order valence-electron chi connectivity index (χ3n) is 3.14. The van der Waals surface area contributed by atoms with Gasteiger partial charge in [0.05, 0.1) is 6.10 Å². The normalized spacial score (nSPS) is 26.3. The maximum Gasteiger partial charge on any atom is 0.0654 e. The minimum Gasteiger partial charge on any atom is -0.392 e. The first-order valence-corrected chi connectivity index (χ1v) is 5.26. The molecule has 1 aliphatic carbocycles. The molecule has 0 bridgehead atoms. The molecular weight excluding hydrogens is 172 g/mol. The quantitative estimate of drug-likeness (QED) is 0.667. The van der Waals surface area contributed by atoms with Crippen molar-refractivity contribution in [2.24, 2.45) is 5.41 Å². The summed E-state index contributed by atoms with van der Waals surface area (Å²) in [5.74, 6) is 0.290. The maximum absolute atomic E-state index is 10.0. The van der Waals surface area contributed by atoms with Crippen molar-refractivity contribution in [2.45, 2.75) is 39.2 Å². The first kappa shape index (κ1) is 9.72. The molecule has 1 aromatic rings. The third kappa shape index (κ3) is 1.46. The fourth-order valence-electron chi connectivity index (χ4n) is 2.62. The van der Waals surface area contributed by atoms with Crippen LogP contribution in [0.2, 0.25) is 0 Å². The van der Waals surface area contributed by atoms with Gasteiger partial charge in [-0.2, -0.15) is 0 Å². The molecule has 0 aliphatic heterocycles. The lowest BCUT2D eigenvalue weighted by molar-refractivity contribution is 0.104. The molecule has 1 N–H and O–H groups in total. The molecule has 0 amide bonds. The minimum atomic E-state index is -0.201. The van der Waals surface area contributed by atoms with Gasteiger partial charge in [-0.15, -0.1) is 0 Å². The van der Waals surface area contributed by atoms with Crippen LogP contribution < -0.4 is 0 Å². The smallest absolute Gasteiger partial charge is 0.0654 e. The Bertz CT molecular complexity index is 335. The number of fused-ring (bicyclic) bond motifs is 1. The second-order valence-corrected chi connectivity index (χ2v) is 5.31. The molecule has 76 valence electrons. The van der Waals surface area contributed by atoms with Gasteiger partial charge in [-0.1, -0.05) is 45.0 Å². The largest absolute Gasteiger partial charge is 0.392 e. The zero-order valence-corrected chi connectivity index (χ0v) is 9.12. The van der Waals surface area contributed by atoms with Gasteiger partial charge in [0.2, 0.25) is 0 Å². The van der Waals surface area contributed by atoms with Gasteiger partial charge >= 0.3 is 0 Å². The molecule has 1 heteroatoms. The van der Waals surface area contributed by atoms with E-state index in [0.717, 1.165) is 6.42 Å². The summed E-state index contributed by atoms with van der Waals surface area (Å²) in [6.07, 6.45) is 0.616. The van der Waals surface area contributed by atoms with Gasteiger partial charge in [0.1, 0.15) is 0 Å². The second-order valence-electron chi connectivity index (χ2n) is 5.31. The number of aliphatic hydroxyl groups excluding tert-OH is 1. The lowest BCUT2D eigenvalue weighted by Gasteiger charge is -2.30. The van der Waals surface area contributed by atoms with Crippen LogP contribution in [0.15, 0.2) is 24.3 Å². The van der Waals surface area contributed by atoms with E-state index in [1.165, 1.54) is 11.1 Å². The van der Waals surface area contributed by atoms with E-state index in [1.807, 2.05) is 0 Å². The van der Waals surface area contributed by atoms with Gasteiger partial charge in [0, 0.05) is 5.92 Å². The molecule has 0 fully saturated rings. The van der Waals surface area contributed by atoms with Crippen LogP contribution in [0.3, 0.4) is 0 Å². The van der Waals surface area contributed by atoms with Crippen molar-refractivity contribution in [2.75, 3.05) is 0 Å². The minimum absolute atomic E-state index is 0.145. The number of hydrogen-bond acceptors (Lipinski definition) is 1. The number of aliphatic hydroxyl groups is 1. The van der Waals surface area contributed by atoms with E-state index >= 15 is 0 Å². The molecular formula is C13H18O. The summed E-state index contributed by atoms with van der Waals surface area (Å²) in [4.78, 5) is 0. The molecule has 0 saturated heterocycles. The summed E-state index contributed by atoms with van der Waals surface area (Å²) in [6, 6.07) is 8.40. The lowest BCUT2D eigenvalue weighted by Crippen LogP contribution is -2.26. The predicted octanol–water partition coefficient (Wildman–Crippen LogP) is 2.73. The Morgan fingerprint density at radius 2 is 1.86 bits per heavy atom. The fourth-order valence-corrected chi connectivity index (χ4v) is 2.62. The molecule has 0 radical (unpaired) electrons. The molecule has 1 nitrogen and oxygen atoms in total. The Hall–Kier alpha value is -0.820. The average molecular weight is 190 g/mol. The van der Waals surface area contributed by atoms with Gasteiger partial charge in [0.15, 0.2) is 0 Å². The fraction of sp³-hybridized carbons (Fsp3) is 0.538. The number of hydrogen-bond donors (Lipinski definition) is 1. The monoisotopic (exact) mass is 190 g/mol. The van der Waals surface area contributed by atoms with Crippen molar-refractivity contribution >= 4 is 0 Å². The van der Waals surface area contributed by atoms with E-state index in [0.29, 0.717) is 5.92 Å². The standard InChI is InChI=1S/C13H18O/c1-13(2,3)12-10-7-5-4-6-9(10)8-11(12)14/h4-7,11-12,14H,8H2,1-3H3/t11-,12-/m0/s1. The zero-order chi connectivity index (χ0) is 10.3. The molecule has 14 heavy (non-hydrogen) atoms. The van der Waals surface area contributed by atoms with E-state index in [-0.39, 0.29) is 11.5 Å². The average Bonchev–Trinajstić information content (AvgIpc) is 2.38. The maximum atomic E-state index is 10.0. The highest BCUT2D eigenvalue weighted by atomic mass is 16.3. The van der Waals surface area contributed by atoms with Crippen molar-refractivity contribution in [3.05, 3.63) is 35.4 Å². The highest BCUT2D eigenvalue weighted by Crippen LogP contribution is 2.44. The van der Waals surface area contributed by atoms with Gasteiger partial charge < -0.3 is 5.11 Å². The number of rotatable bonds is 0. The van der Waals surface area contributed by atoms with Crippen molar-refractivity contribution in [1.29, 1.82) is 0 Å². The summed E-state index contributed by atoms with van der Waals surface area (Å²) < 4.78 is 0. The highest BCUT2D eigenvalue weighted by molar-refractivity contribution is 5.38. The van der Waals surface area contributed by atoms with Gasteiger partial charge in [-0.25, -0.2) is 0 Å². The molecule has 1 aliphatic rings. The predicted molar refractivity (Wildman–Crippen MR) is 58.3 cm³/mol. The molecule has 1 aromatic carbocycles. The molecule has 2 atom stereocenters. The molecule has 0 unspecified atom stereocenters. The Balaban J connectivity index is 2.45. The van der Waals surface area contributed by atoms with E-state index in [4.69, 9.17) is 0 Å². The van der Waals surface area contributed by atoms with Crippen molar-refractivity contribution in [3.63, 3.8) is 0 Å². The Kier molecular flexibility index (Phi) is 2.15. The molecule has 0 aromatic heterocycles. The van der Waals surface area contributed by atoms with E-state index in [1.54, 1.807) is 0 Å². The summed E-state index contributed by atoms with van der Waals surface area (Å²) in [6.45, 7) is 6.59. The van der Waals surface area contributed by atoms with Crippen LogP contribution in [0, 0.1) is 5.41 Å². The molecule has 0 heterocycles. The highest BCUT2D eigenvalue weighted by Gasteiger charge is 2.38. The first-order valence-electron chi connectivity index (χ1n) is 5.26. The van der Waals surface area contributed by atoms with Crippen molar-refractivity contribution < 1.29 is 5.11 Å². The van der Waals surface area contributed by atoms with Crippen LogP contribution in [-0.4, -0.2) is 11.2 Å². The summed E-state index contributed by atoms with van der Waals surface area (Å²) in [7, 11) is 0. The lowest BCUT2D eigenvalue weighted by atomic mass is 9.76. The Morgan fingerprint density at radius 1 is 1.21 bits per heavy atom. The van der Waals surface area contributed by atoms with E-state index in [2.05, 4.69) is 45.0 Å². The Labute approximate surface area is 85.8 Å². The van der Waals surface area contributed by atoms with Crippen LogP contribution in [-0.2, 0) is 6.42 Å². The van der Waals surface area contributed by atoms with Crippen LogP contribution in [0.5, 0.6) is 0 Å². The van der Waals surface area contributed by atoms with E-state index in [9.17, 15) is 5.11 Å². The van der Waals surface area contributed by atoms with Crippen molar-refractivity contribution in [3.8, 4) is 0 Å². The van der Waals surface area contributed by atoms with Crippen LogP contribution in [0.25, 0.3) is 0 Å².